The molecule has 0 fully saturated rings. The van der Waals surface area contributed by atoms with Crippen LogP contribution in [-0.2, 0) is 9.53 Å². The second-order valence-electron chi connectivity index (χ2n) is 5.03. The minimum Gasteiger partial charge on any atom is -0.480 e. The van der Waals surface area contributed by atoms with E-state index in [4.69, 9.17) is 27.2 Å². The zero-order valence-electron chi connectivity index (χ0n) is 13.4. The SMILES string of the molecule is CC(C)[C@H](N)C(=O)O.CCOC(=O)c1cnc2cc(Br)nn2c1Cl. The first-order valence-electron chi connectivity index (χ1n) is 7.04. The van der Waals surface area contributed by atoms with Crippen molar-refractivity contribution in [3.63, 3.8) is 0 Å². The van der Waals surface area contributed by atoms with E-state index in [2.05, 4.69) is 26.0 Å². The summed E-state index contributed by atoms with van der Waals surface area (Å²) in [6, 6.07) is 0.982. The van der Waals surface area contributed by atoms with E-state index in [1.807, 2.05) is 0 Å². The smallest absolute Gasteiger partial charge is 0.342 e. The molecule has 0 aliphatic heterocycles. The predicted molar refractivity (Wildman–Crippen MR) is 92.1 cm³/mol. The highest BCUT2D eigenvalue weighted by Crippen LogP contribution is 2.19. The number of carboxylic acid groups (broad SMARTS) is 1. The number of ether oxygens (including phenoxy) is 1. The van der Waals surface area contributed by atoms with E-state index < -0.39 is 18.0 Å². The van der Waals surface area contributed by atoms with Gasteiger partial charge in [-0.1, -0.05) is 25.4 Å². The number of hydrogen-bond acceptors (Lipinski definition) is 6. The number of carboxylic acids is 1. The van der Waals surface area contributed by atoms with Crippen molar-refractivity contribution >= 4 is 45.1 Å². The second-order valence-corrected chi connectivity index (χ2v) is 6.20. The monoisotopic (exact) mass is 420 g/mol. The summed E-state index contributed by atoms with van der Waals surface area (Å²) in [5, 5.41) is 12.5. The van der Waals surface area contributed by atoms with Crippen LogP contribution >= 0.6 is 27.5 Å². The molecule has 2 aromatic rings. The van der Waals surface area contributed by atoms with Crippen LogP contribution in [-0.4, -0.2) is 44.3 Å². The van der Waals surface area contributed by atoms with Gasteiger partial charge in [-0.2, -0.15) is 5.10 Å². The number of rotatable bonds is 4. The van der Waals surface area contributed by atoms with Crippen LogP contribution in [0, 0.1) is 5.92 Å². The Balaban J connectivity index is 0.000000307. The zero-order chi connectivity index (χ0) is 18.4. The van der Waals surface area contributed by atoms with Crippen molar-refractivity contribution in [1.29, 1.82) is 0 Å². The molecule has 2 aromatic heterocycles. The first-order valence-corrected chi connectivity index (χ1v) is 8.21. The van der Waals surface area contributed by atoms with Gasteiger partial charge >= 0.3 is 11.9 Å². The van der Waals surface area contributed by atoms with Gasteiger partial charge in [-0.15, -0.1) is 0 Å². The number of carbonyl (C=O) groups is 2. The van der Waals surface area contributed by atoms with Crippen LogP contribution in [0.5, 0.6) is 0 Å². The molecule has 3 N–H and O–H groups in total. The van der Waals surface area contributed by atoms with Crippen LogP contribution in [0.2, 0.25) is 5.15 Å². The average Bonchev–Trinajstić information content (AvgIpc) is 2.89. The molecule has 0 unspecified atom stereocenters. The second kappa shape index (κ2) is 8.95. The van der Waals surface area contributed by atoms with E-state index >= 15 is 0 Å². The molecule has 1 atom stereocenters. The zero-order valence-corrected chi connectivity index (χ0v) is 15.7. The Hall–Kier alpha value is -1.71. The number of fused-ring (bicyclic) bond motifs is 1. The van der Waals surface area contributed by atoms with E-state index in [9.17, 15) is 9.59 Å². The van der Waals surface area contributed by atoms with Gasteiger partial charge in [-0.3, -0.25) is 4.79 Å². The molecule has 2 heterocycles. The lowest BCUT2D eigenvalue weighted by Gasteiger charge is -2.07. The van der Waals surface area contributed by atoms with E-state index in [1.165, 1.54) is 10.7 Å². The Kier molecular flexibility index (Phi) is 7.59. The third-order valence-electron chi connectivity index (χ3n) is 2.89. The Labute approximate surface area is 152 Å². The standard InChI is InChI=1S/C9H7BrClN3O2.C5H11NO2/c1-2-16-9(15)5-4-12-7-3-6(10)13-14(7)8(5)11;1-3(2)4(6)5(7)8/h3-4H,2H2,1H3;3-4H,6H2,1-2H3,(H,7,8)/t;4-/m.0/s1. The van der Waals surface area contributed by atoms with Gasteiger partial charge < -0.3 is 15.6 Å². The van der Waals surface area contributed by atoms with Gasteiger partial charge in [-0.25, -0.2) is 14.3 Å². The Morgan fingerprint density at radius 1 is 1.50 bits per heavy atom. The lowest BCUT2D eigenvalue weighted by molar-refractivity contribution is -0.139. The Morgan fingerprint density at radius 2 is 2.12 bits per heavy atom. The van der Waals surface area contributed by atoms with Gasteiger partial charge in [0, 0.05) is 12.3 Å². The van der Waals surface area contributed by atoms with Crippen molar-refractivity contribution < 1.29 is 19.4 Å². The van der Waals surface area contributed by atoms with Gasteiger partial charge in [0.2, 0.25) is 0 Å². The molecular formula is C14H18BrClN4O4. The number of aromatic nitrogens is 3. The summed E-state index contributed by atoms with van der Waals surface area (Å²) in [5.74, 6) is -1.42. The summed E-state index contributed by atoms with van der Waals surface area (Å²) >= 11 is 9.23. The fraction of sp³-hybridized carbons (Fsp3) is 0.429. The normalized spacial score (nSPS) is 11.8. The molecule has 0 aromatic carbocycles. The first kappa shape index (κ1) is 20.3. The molecule has 10 heteroatoms. The van der Waals surface area contributed by atoms with Crippen LogP contribution in [0.1, 0.15) is 31.1 Å². The molecule has 0 aliphatic rings. The number of halogens is 2. The minimum absolute atomic E-state index is 0.0208. The Morgan fingerprint density at radius 3 is 2.58 bits per heavy atom. The molecule has 0 radical (unpaired) electrons. The van der Waals surface area contributed by atoms with Crippen molar-refractivity contribution in [1.82, 2.24) is 14.6 Å². The fourth-order valence-corrected chi connectivity index (χ4v) is 2.12. The summed E-state index contributed by atoms with van der Waals surface area (Å²) in [7, 11) is 0. The molecule has 132 valence electrons. The highest BCUT2D eigenvalue weighted by molar-refractivity contribution is 9.10. The number of nitrogens with two attached hydrogens (primary N) is 1. The number of carbonyl (C=O) groups excluding carboxylic acids is 1. The average molecular weight is 422 g/mol. The van der Waals surface area contributed by atoms with E-state index in [0.29, 0.717) is 10.3 Å². The van der Waals surface area contributed by atoms with Crippen molar-refractivity contribution in [3.8, 4) is 0 Å². The van der Waals surface area contributed by atoms with Gasteiger partial charge in [0.05, 0.1) is 6.61 Å². The lowest BCUT2D eigenvalue weighted by atomic mass is 10.1. The predicted octanol–water partition coefficient (Wildman–Crippen LogP) is 2.38. The summed E-state index contributed by atoms with van der Waals surface area (Å²) in [6.45, 7) is 5.57. The van der Waals surface area contributed by atoms with Crippen LogP contribution in [0.15, 0.2) is 16.9 Å². The summed E-state index contributed by atoms with van der Waals surface area (Å²) < 4.78 is 6.82. The maximum Gasteiger partial charge on any atom is 0.342 e. The molecule has 0 aliphatic carbocycles. The number of aliphatic carboxylic acids is 1. The van der Waals surface area contributed by atoms with E-state index in [1.54, 1.807) is 26.8 Å². The number of esters is 1. The number of nitrogens with zero attached hydrogens (tertiary/aromatic N) is 3. The lowest BCUT2D eigenvalue weighted by Crippen LogP contribution is -2.34. The minimum atomic E-state index is -0.931. The summed E-state index contributed by atoms with van der Waals surface area (Å²) in [6.07, 6.45) is 1.38. The molecule has 2 rings (SSSR count). The first-order chi connectivity index (χ1) is 11.2. The van der Waals surface area contributed by atoms with E-state index in [-0.39, 0.29) is 23.2 Å². The maximum atomic E-state index is 11.5. The quantitative estimate of drug-likeness (QED) is 0.574. The highest BCUT2D eigenvalue weighted by Gasteiger charge is 2.16. The summed E-state index contributed by atoms with van der Waals surface area (Å²) in [4.78, 5) is 25.6. The fourth-order valence-electron chi connectivity index (χ4n) is 1.51. The molecule has 0 saturated heterocycles. The van der Waals surface area contributed by atoms with Gasteiger partial charge in [0.15, 0.2) is 5.65 Å². The molecular weight excluding hydrogens is 404 g/mol. The van der Waals surface area contributed by atoms with Crippen LogP contribution in [0.3, 0.4) is 0 Å². The van der Waals surface area contributed by atoms with Crippen molar-refractivity contribution in [2.75, 3.05) is 6.61 Å². The van der Waals surface area contributed by atoms with E-state index in [0.717, 1.165) is 0 Å². The molecule has 0 saturated carbocycles. The molecule has 0 amide bonds. The Bertz CT molecular complexity index is 735. The topological polar surface area (TPSA) is 120 Å². The largest absolute Gasteiger partial charge is 0.480 e. The molecule has 24 heavy (non-hydrogen) atoms. The highest BCUT2D eigenvalue weighted by atomic mass is 79.9. The van der Waals surface area contributed by atoms with Crippen LogP contribution < -0.4 is 5.73 Å². The molecule has 0 spiro atoms. The maximum absolute atomic E-state index is 11.5. The van der Waals surface area contributed by atoms with Gasteiger partial charge in [0.25, 0.3) is 0 Å². The molecule has 8 nitrogen and oxygen atoms in total. The third-order valence-corrected chi connectivity index (χ3v) is 3.64. The number of hydrogen-bond donors (Lipinski definition) is 2. The van der Waals surface area contributed by atoms with Crippen molar-refractivity contribution in [2.24, 2.45) is 11.7 Å². The molecule has 0 bridgehead atoms. The van der Waals surface area contributed by atoms with Crippen molar-refractivity contribution in [3.05, 3.63) is 27.6 Å². The van der Waals surface area contributed by atoms with Gasteiger partial charge in [-0.05, 0) is 28.8 Å². The van der Waals surface area contributed by atoms with Gasteiger partial charge in [0.1, 0.15) is 21.4 Å². The summed E-state index contributed by atoms with van der Waals surface area (Å²) in [5.41, 5.74) is 5.92. The van der Waals surface area contributed by atoms with Crippen LogP contribution in [0.4, 0.5) is 0 Å². The van der Waals surface area contributed by atoms with Crippen LogP contribution in [0.25, 0.3) is 5.65 Å². The van der Waals surface area contributed by atoms with Crippen molar-refractivity contribution in [2.45, 2.75) is 26.8 Å². The third kappa shape index (κ3) is 5.15.